The third kappa shape index (κ3) is 1.35. The molecular weight excluding hydrogens is 280 g/mol. The van der Waals surface area contributed by atoms with Gasteiger partial charge in [0.15, 0.2) is 11.7 Å². The molecule has 0 amide bonds. The Morgan fingerprint density at radius 2 is 1.90 bits per heavy atom. The third-order valence-electron chi connectivity index (χ3n) is 4.45. The maximum atomic E-state index is 12.4. The molecule has 2 N–H and O–H groups in total. The van der Waals surface area contributed by atoms with E-state index in [2.05, 4.69) is 4.99 Å². The van der Waals surface area contributed by atoms with Gasteiger partial charge in [-0.05, 0) is 0 Å². The lowest BCUT2D eigenvalue weighted by Gasteiger charge is -2.51. The smallest absolute Gasteiger partial charge is 0.349 e. The summed E-state index contributed by atoms with van der Waals surface area (Å²) in [7, 11) is 2.73. The minimum absolute atomic E-state index is 0.134. The molecule has 4 heterocycles. The van der Waals surface area contributed by atoms with Crippen molar-refractivity contribution in [1.29, 1.82) is 0 Å². The Kier molecular flexibility index (Phi) is 2.73. The molecule has 9 heteroatoms. The highest BCUT2D eigenvalue weighted by Crippen LogP contribution is 2.43. The van der Waals surface area contributed by atoms with Crippen molar-refractivity contribution in [2.45, 2.75) is 37.8 Å². The number of aliphatic hydroxyl groups is 2. The summed E-state index contributed by atoms with van der Waals surface area (Å²) in [6.07, 6.45) is -2.58. The number of aromatic nitrogens is 3. The first-order valence-corrected chi connectivity index (χ1v) is 6.70. The predicted molar refractivity (Wildman–Crippen MR) is 72.2 cm³/mol. The van der Waals surface area contributed by atoms with Crippen molar-refractivity contribution in [2.75, 3.05) is 7.11 Å². The average Bonchev–Trinajstić information content (AvgIpc) is 2.68. The molecule has 3 aliphatic rings. The SMILES string of the molecule is COC1=NC2(C(C)C)C(O)C(O)C1n1c(=O)n(C)c(=O)n12. The first kappa shape index (κ1) is 14.1. The van der Waals surface area contributed by atoms with Gasteiger partial charge < -0.3 is 14.9 Å². The van der Waals surface area contributed by atoms with Crippen molar-refractivity contribution in [3.8, 4) is 0 Å². The fourth-order valence-corrected chi connectivity index (χ4v) is 3.31. The summed E-state index contributed by atoms with van der Waals surface area (Å²) in [5.41, 5.74) is -2.62. The molecule has 0 spiro atoms. The van der Waals surface area contributed by atoms with E-state index in [0.717, 1.165) is 13.9 Å². The van der Waals surface area contributed by atoms with E-state index < -0.39 is 35.3 Å². The van der Waals surface area contributed by atoms with E-state index in [1.807, 2.05) is 0 Å². The first-order valence-electron chi connectivity index (χ1n) is 6.70. The molecule has 1 aromatic heterocycles. The van der Waals surface area contributed by atoms with Gasteiger partial charge in [-0.3, -0.25) is 0 Å². The van der Waals surface area contributed by atoms with Crippen LogP contribution < -0.4 is 11.4 Å². The minimum Gasteiger partial charge on any atom is -0.483 e. The zero-order valence-corrected chi connectivity index (χ0v) is 12.2. The van der Waals surface area contributed by atoms with Crippen molar-refractivity contribution in [3.05, 3.63) is 21.0 Å². The molecule has 3 aliphatic heterocycles. The molecule has 9 nitrogen and oxygen atoms in total. The Bertz CT molecular complexity index is 742. The molecule has 116 valence electrons. The molecule has 4 unspecified atom stereocenters. The van der Waals surface area contributed by atoms with Gasteiger partial charge in [-0.1, -0.05) is 13.8 Å². The van der Waals surface area contributed by atoms with E-state index in [-0.39, 0.29) is 11.8 Å². The van der Waals surface area contributed by atoms with Crippen LogP contribution in [0.1, 0.15) is 19.9 Å². The quantitative estimate of drug-likeness (QED) is 0.622. The minimum atomic E-state index is -1.46. The van der Waals surface area contributed by atoms with Crippen molar-refractivity contribution in [3.63, 3.8) is 0 Å². The first-order chi connectivity index (χ1) is 9.78. The fraction of sp³-hybridized carbons (Fsp3) is 0.750. The molecule has 0 radical (unpaired) electrons. The van der Waals surface area contributed by atoms with Gasteiger partial charge in [-0.2, -0.15) is 4.68 Å². The number of rotatable bonds is 1. The summed E-state index contributed by atoms with van der Waals surface area (Å²) < 4.78 is 8.38. The van der Waals surface area contributed by atoms with Crippen molar-refractivity contribution in [2.24, 2.45) is 18.0 Å². The number of methoxy groups -OCH3 is 1. The van der Waals surface area contributed by atoms with Crippen molar-refractivity contribution < 1.29 is 14.9 Å². The molecule has 4 atom stereocenters. The third-order valence-corrected chi connectivity index (χ3v) is 4.45. The van der Waals surface area contributed by atoms with E-state index in [1.54, 1.807) is 13.8 Å². The number of nitrogens with zero attached hydrogens (tertiary/aromatic N) is 4. The van der Waals surface area contributed by atoms with Crippen LogP contribution in [-0.2, 0) is 17.4 Å². The highest BCUT2D eigenvalue weighted by atomic mass is 16.5. The molecule has 21 heavy (non-hydrogen) atoms. The lowest BCUT2D eigenvalue weighted by atomic mass is 9.81. The summed E-state index contributed by atoms with van der Waals surface area (Å²) in [5.74, 6) is -0.214. The largest absolute Gasteiger partial charge is 0.483 e. The predicted octanol–water partition coefficient (Wildman–Crippen LogP) is -2.01. The average molecular weight is 298 g/mol. The van der Waals surface area contributed by atoms with Gasteiger partial charge in [0.25, 0.3) is 0 Å². The van der Waals surface area contributed by atoms with Gasteiger partial charge in [0.05, 0.1) is 7.11 Å². The molecule has 0 aromatic carbocycles. The van der Waals surface area contributed by atoms with Crippen LogP contribution in [0.2, 0.25) is 0 Å². The monoisotopic (exact) mass is 298 g/mol. The highest BCUT2D eigenvalue weighted by Gasteiger charge is 2.61. The lowest BCUT2D eigenvalue weighted by Crippen LogP contribution is -2.69. The molecular formula is C12H18N4O5. The van der Waals surface area contributed by atoms with Gasteiger partial charge in [0.1, 0.15) is 12.2 Å². The van der Waals surface area contributed by atoms with Crippen LogP contribution in [0.3, 0.4) is 0 Å². The molecule has 0 aliphatic carbocycles. The second kappa shape index (κ2) is 4.08. The topological polar surface area (TPSA) is 111 Å². The summed E-state index contributed by atoms with van der Waals surface area (Å²) in [6.45, 7) is 3.51. The summed E-state index contributed by atoms with van der Waals surface area (Å²) in [6, 6.07) is -1.01. The van der Waals surface area contributed by atoms with Crippen LogP contribution >= 0.6 is 0 Å². The summed E-state index contributed by atoms with van der Waals surface area (Å²) in [5, 5.41) is 20.8. The van der Waals surface area contributed by atoms with Gasteiger partial charge in [0.2, 0.25) is 5.90 Å². The van der Waals surface area contributed by atoms with E-state index in [4.69, 9.17) is 4.74 Å². The van der Waals surface area contributed by atoms with E-state index in [1.165, 1.54) is 14.2 Å². The van der Waals surface area contributed by atoms with Gasteiger partial charge in [-0.25, -0.2) is 23.8 Å². The van der Waals surface area contributed by atoms with Gasteiger partial charge in [-0.15, -0.1) is 0 Å². The van der Waals surface area contributed by atoms with Gasteiger partial charge in [0, 0.05) is 13.0 Å². The number of aliphatic imine (C=N–C) groups is 1. The van der Waals surface area contributed by atoms with E-state index in [0.29, 0.717) is 0 Å². The van der Waals surface area contributed by atoms with Crippen LogP contribution in [0, 0.1) is 5.92 Å². The number of ether oxygens (including phenoxy) is 1. The molecule has 0 fully saturated rings. The number of hydrogen-bond acceptors (Lipinski definition) is 6. The molecule has 1 aromatic rings. The Morgan fingerprint density at radius 3 is 2.43 bits per heavy atom. The number of aliphatic hydroxyl groups excluding tert-OH is 2. The number of fused-ring (bicyclic) bond motifs is 1. The zero-order chi connectivity index (χ0) is 15.7. The van der Waals surface area contributed by atoms with Crippen LogP contribution in [-0.4, -0.2) is 49.4 Å². The fourth-order valence-electron chi connectivity index (χ4n) is 3.31. The van der Waals surface area contributed by atoms with Gasteiger partial charge >= 0.3 is 11.4 Å². The Balaban J connectivity index is 2.48. The molecule has 0 saturated heterocycles. The number of hydrogen-bond donors (Lipinski definition) is 2. The molecule has 2 bridgehead atoms. The normalized spacial score (nSPS) is 34.0. The van der Waals surface area contributed by atoms with E-state index in [9.17, 15) is 19.8 Å². The van der Waals surface area contributed by atoms with Crippen LogP contribution in [0.25, 0.3) is 0 Å². The second-order valence-corrected chi connectivity index (χ2v) is 5.75. The summed E-state index contributed by atoms with van der Waals surface area (Å²) in [4.78, 5) is 29.0. The molecule has 4 rings (SSSR count). The second-order valence-electron chi connectivity index (χ2n) is 5.75. The Labute approximate surface area is 119 Å². The van der Waals surface area contributed by atoms with Crippen LogP contribution in [0.5, 0.6) is 0 Å². The Morgan fingerprint density at radius 1 is 1.29 bits per heavy atom. The standard InChI is InChI=1S/C12H18N4O5/c1-5(2)12-8(18)7(17)6(9(13-12)21-4)15-10(19)14(3)11(20)16(12)15/h5-8,17-18H,1-4H3. The van der Waals surface area contributed by atoms with Crippen molar-refractivity contribution >= 4 is 5.90 Å². The molecule has 0 saturated carbocycles. The highest BCUT2D eigenvalue weighted by molar-refractivity contribution is 5.83. The van der Waals surface area contributed by atoms with Crippen LogP contribution in [0.15, 0.2) is 14.6 Å². The maximum absolute atomic E-state index is 12.4. The Hall–Kier alpha value is -1.87. The van der Waals surface area contributed by atoms with Crippen LogP contribution in [0.4, 0.5) is 0 Å². The van der Waals surface area contributed by atoms with Crippen molar-refractivity contribution in [1.82, 2.24) is 13.9 Å². The summed E-state index contributed by atoms with van der Waals surface area (Å²) >= 11 is 0. The maximum Gasteiger partial charge on any atom is 0.349 e. The lowest BCUT2D eigenvalue weighted by molar-refractivity contribution is -0.141. The van der Waals surface area contributed by atoms with E-state index >= 15 is 0 Å². The zero-order valence-electron chi connectivity index (χ0n) is 12.2.